The number of aromatic carboxylic acids is 1. The summed E-state index contributed by atoms with van der Waals surface area (Å²) in [6.45, 7) is 0.0374. The van der Waals surface area contributed by atoms with Crippen LogP contribution in [0.5, 0.6) is 0 Å². The molecule has 4 rings (SSSR count). The normalized spacial score (nSPS) is 14.5. The number of carbonyl (C=O) groups is 2. The van der Waals surface area contributed by atoms with Gasteiger partial charge >= 0.3 is 12.1 Å². The summed E-state index contributed by atoms with van der Waals surface area (Å²) in [4.78, 5) is 24.9. The minimum atomic E-state index is -1.25. The molecule has 0 saturated carbocycles. The van der Waals surface area contributed by atoms with Gasteiger partial charge in [0, 0.05) is 17.1 Å². The summed E-state index contributed by atoms with van der Waals surface area (Å²) in [5, 5.41) is 24.2. The molecule has 10 heteroatoms. The number of halogens is 3. The van der Waals surface area contributed by atoms with Gasteiger partial charge in [0.25, 0.3) is 0 Å². The minimum Gasteiger partial charge on any atom is -0.476 e. The van der Waals surface area contributed by atoms with Crippen molar-refractivity contribution in [3.63, 3.8) is 0 Å². The molecular formula is C21H14Cl2FN3O4. The Kier molecular flexibility index (Phi) is 5.43. The second-order valence-corrected chi connectivity index (χ2v) is 7.60. The molecule has 2 N–H and O–H groups in total. The topological polar surface area (TPSA) is 95.7 Å². The average molecular weight is 462 g/mol. The zero-order valence-corrected chi connectivity index (χ0v) is 17.2. The van der Waals surface area contributed by atoms with Gasteiger partial charge in [0.1, 0.15) is 5.82 Å². The van der Waals surface area contributed by atoms with Crippen LogP contribution in [0.3, 0.4) is 0 Å². The fourth-order valence-corrected chi connectivity index (χ4v) is 3.97. The van der Waals surface area contributed by atoms with Crippen molar-refractivity contribution in [1.82, 2.24) is 14.7 Å². The first-order chi connectivity index (χ1) is 14.8. The van der Waals surface area contributed by atoms with Gasteiger partial charge < -0.3 is 10.2 Å². The summed E-state index contributed by atoms with van der Waals surface area (Å²) in [5.41, 5.74) is 1.53. The minimum absolute atomic E-state index is 0.0374. The molecule has 1 aliphatic rings. The highest BCUT2D eigenvalue weighted by Gasteiger charge is 2.34. The largest absolute Gasteiger partial charge is 0.476 e. The molecule has 0 bridgehead atoms. The lowest BCUT2D eigenvalue weighted by Gasteiger charge is -2.28. The number of aromatic nitrogens is 2. The molecular weight excluding hydrogens is 448 g/mol. The van der Waals surface area contributed by atoms with Crippen LogP contribution in [0.1, 0.15) is 27.3 Å². The first kappa shape index (κ1) is 20.9. The number of carboxylic acids is 1. The van der Waals surface area contributed by atoms with Crippen LogP contribution in [0.25, 0.3) is 17.5 Å². The first-order valence-corrected chi connectivity index (χ1v) is 9.80. The van der Waals surface area contributed by atoms with Gasteiger partial charge in [-0.15, -0.1) is 0 Å². The fraction of sp³-hybridized carbons (Fsp3) is 0.0952. The van der Waals surface area contributed by atoms with Gasteiger partial charge in [-0.05, 0) is 48.4 Å². The van der Waals surface area contributed by atoms with Crippen molar-refractivity contribution in [2.75, 3.05) is 6.54 Å². The Morgan fingerprint density at radius 3 is 2.42 bits per heavy atom. The summed E-state index contributed by atoms with van der Waals surface area (Å²) in [7, 11) is 0. The molecule has 31 heavy (non-hydrogen) atoms. The Labute approximate surface area is 185 Å². The van der Waals surface area contributed by atoms with E-state index in [0.717, 1.165) is 4.90 Å². The van der Waals surface area contributed by atoms with Gasteiger partial charge in [-0.1, -0.05) is 35.3 Å². The number of nitrogens with zero attached hydrogens (tertiary/aromatic N) is 3. The van der Waals surface area contributed by atoms with E-state index in [0.29, 0.717) is 21.8 Å². The van der Waals surface area contributed by atoms with Crippen LogP contribution in [-0.4, -0.2) is 43.5 Å². The van der Waals surface area contributed by atoms with Crippen molar-refractivity contribution in [3.05, 3.63) is 80.8 Å². The predicted octanol–water partition coefficient (Wildman–Crippen LogP) is 5.05. The van der Waals surface area contributed by atoms with Gasteiger partial charge in [0.15, 0.2) is 5.69 Å². The van der Waals surface area contributed by atoms with E-state index in [1.54, 1.807) is 18.2 Å². The molecule has 158 valence electrons. The van der Waals surface area contributed by atoms with Crippen LogP contribution in [-0.2, 0) is 6.42 Å². The van der Waals surface area contributed by atoms with E-state index in [4.69, 9.17) is 23.2 Å². The average Bonchev–Trinajstić information content (AvgIpc) is 3.10. The van der Waals surface area contributed by atoms with Gasteiger partial charge in [-0.25, -0.2) is 18.7 Å². The van der Waals surface area contributed by atoms with E-state index in [1.807, 2.05) is 0 Å². The Hall–Kier alpha value is -3.36. The third kappa shape index (κ3) is 3.87. The number of carboxylic acid groups (broad SMARTS) is 2. The van der Waals surface area contributed by atoms with Crippen LogP contribution in [0.2, 0.25) is 10.0 Å². The van der Waals surface area contributed by atoms with Crippen molar-refractivity contribution in [1.29, 1.82) is 0 Å². The van der Waals surface area contributed by atoms with E-state index in [9.17, 15) is 24.2 Å². The third-order valence-corrected chi connectivity index (χ3v) is 5.38. The van der Waals surface area contributed by atoms with E-state index >= 15 is 0 Å². The molecule has 1 amide bonds. The molecule has 2 aromatic carbocycles. The maximum absolute atomic E-state index is 13.3. The van der Waals surface area contributed by atoms with E-state index < -0.39 is 17.9 Å². The Morgan fingerprint density at radius 1 is 1.10 bits per heavy atom. The predicted molar refractivity (Wildman–Crippen MR) is 113 cm³/mol. The highest BCUT2D eigenvalue weighted by Crippen LogP contribution is 2.36. The molecule has 0 fully saturated rings. The Balaban J connectivity index is 2.01. The number of hydrogen-bond acceptors (Lipinski definition) is 3. The summed E-state index contributed by atoms with van der Waals surface area (Å²) in [6.07, 6.45) is 0.472. The van der Waals surface area contributed by atoms with Crippen LogP contribution in [0, 0.1) is 5.82 Å². The van der Waals surface area contributed by atoms with Crippen molar-refractivity contribution in [2.45, 2.75) is 6.42 Å². The maximum Gasteiger partial charge on any atom is 0.411 e. The molecule has 0 atom stereocenters. The standard InChI is InChI=1S/C21H14Cl2FN3O4/c22-12-3-6-16(15(23)10-12)27-19-14(18(25-27)20(28)29)7-8-26(21(30)31)17(19)9-11-1-4-13(24)5-2-11/h1-6,9-10H,7-8H2,(H,28,29)(H,30,31). The van der Waals surface area contributed by atoms with Crippen molar-refractivity contribution in [2.24, 2.45) is 0 Å². The van der Waals surface area contributed by atoms with E-state index in [2.05, 4.69) is 5.10 Å². The summed E-state index contributed by atoms with van der Waals surface area (Å²) in [6, 6.07) is 10.1. The van der Waals surface area contributed by atoms with Gasteiger partial charge in [-0.2, -0.15) is 5.10 Å². The summed E-state index contributed by atoms with van der Waals surface area (Å²) in [5.74, 6) is -1.68. The van der Waals surface area contributed by atoms with E-state index in [1.165, 1.54) is 35.0 Å². The Bertz CT molecular complexity index is 1240. The molecule has 1 aliphatic heterocycles. The Morgan fingerprint density at radius 2 is 1.81 bits per heavy atom. The number of amides is 1. The monoisotopic (exact) mass is 461 g/mol. The van der Waals surface area contributed by atoms with Crippen molar-refractivity contribution in [3.8, 4) is 5.69 Å². The molecule has 0 saturated heterocycles. The molecule has 7 nitrogen and oxygen atoms in total. The maximum atomic E-state index is 13.3. The number of benzene rings is 2. The number of fused-ring (bicyclic) bond motifs is 1. The second kappa shape index (κ2) is 8.05. The zero-order chi connectivity index (χ0) is 22.3. The highest BCUT2D eigenvalue weighted by atomic mass is 35.5. The molecule has 0 spiro atoms. The zero-order valence-electron chi connectivity index (χ0n) is 15.7. The first-order valence-electron chi connectivity index (χ1n) is 9.05. The van der Waals surface area contributed by atoms with Crippen LogP contribution in [0.4, 0.5) is 9.18 Å². The lowest BCUT2D eigenvalue weighted by Crippen LogP contribution is -2.34. The number of rotatable bonds is 3. The van der Waals surface area contributed by atoms with Crippen LogP contribution in [0.15, 0.2) is 42.5 Å². The molecule has 3 aromatic rings. The van der Waals surface area contributed by atoms with Crippen molar-refractivity contribution < 1.29 is 24.2 Å². The molecule has 0 aliphatic carbocycles. The van der Waals surface area contributed by atoms with Gasteiger partial charge in [-0.3, -0.25) is 4.90 Å². The third-order valence-electron chi connectivity index (χ3n) is 4.85. The van der Waals surface area contributed by atoms with E-state index in [-0.39, 0.29) is 35.1 Å². The molecule has 2 heterocycles. The highest BCUT2D eigenvalue weighted by molar-refractivity contribution is 6.35. The fourth-order valence-electron chi connectivity index (χ4n) is 3.48. The van der Waals surface area contributed by atoms with Crippen molar-refractivity contribution >= 4 is 47.0 Å². The molecule has 0 radical (unpaired) electrons. The molecule has 0 unspecified atom stereocenters. The van der Waals surface area contributed by atoms with Gasteiger partial charge in [0.2, 0.25) is 0 Å². The van der Waals surface area contributed by atoms with Crippen LogP contribution < -0.4 is 0 Å². The van der Waals surface area contributed by atoms with Crippen LogP contribution >= 0.6 is 23.2 Å². The lowest BCUT2D eigenvalue weighted by atomic mass is 9.99. The van der Waals surface area contributed by atoms with Gasteiger partial charge in [0.05, 0.1) is 22.1 Å². The molecule has 1 aromatic heterocycles. The summed E-state index contributed by atoms with van der Waals surface area (Å²) < 4.78 is 14.6. The number of hydrogen-bond donors (Lipinski definition) is 2. The lowest BCUT2D eigenvalue weighted by molar-refractivity contribution is 0.0688. The second-order valence-electron chi connectivity index (χ2n) is 6.75. The smallest absolute Gasteiger partial charge is 0.411 e. The SMILES string of the molecule is O=C(O)c1nn(-c2ccc(Cl)cc2Cl)c2c1CCN(C(=O)O)C2=Cc1ccc(F)cc1. The summed E-state index contributed by atoms with van der Waals surface area (Å²) >= 11 is 12.3. The quantitative estimate of drug-likeness (QED) is 0.568.